The summed E-state index contributed by atoms with van der Waals surface area (Å²) in [6.07, 6.45) is -0.506. The Morgan fingerprint density at radius 2 is 1.72 bits per heavy atom. The van der Waals surface area contributed by atoms with Crippen LogP contribution in [0, 0.1) is 0 Å². The van der Waals surface area contributed by atoms with Crippen LogP contribution in [0.2, 0.25) is 0 Å². The number of hydrogen-bond acceptors (Lipinski definition) is 4. The van der Waals surface area contributed by atoms with Gasteiger partial charge in [0.2, 0.25) is 15.9 Å². The molecule has 0 spiro atoms. The fourth-order valence-corrected chi connectivity index (χ4v) is 4.44. The van der Waals surface area contributed by atoms with E-state index in [0.717, 1.165) is 0 Å². The molecule has 1 aromatic carbocycles. The number of nitrogens with one attached hydrogen (secondary N) is 1. The molecule has 1 unspecified atom stereocenters. The van der Waals surface area contributed by atoms with E-state index in [0.29, 0.717) is 0 Å². The summed E-state index contributed by atoms with van der Waals surface area (Å²) < 4.78 is 52.8. The molecule has 1 amide bonds. The molecule has 2 saturated heterocycles. The average molecular weight is 396 g/mol. The van der Waals surface area contributed by atoms with Crippen LogP contribution in [-0.4, -0.2) is 68.2 Å². The van der Waals surface area contributed by atoms with Crippen LogP contribution in [0.1, 0.15) is 6.42 Å². The van der Waals surface area contributed by atoms with Crippen molar-refractivity contribution in [3.8, 4) is 0 Å². The maximum absolute atomic E-state index is 13.2. The van der Waals surface area contributed by atoms with Crippen LogP contribution in [0.25, 0.3) is 0 Å². The minimum absolute atomic E-state index is 0. The van der Waals surface area contributed by atoms with E-state index in [4.69, 9.17) is 0 Å². The minimum Gasteiger partial charge on any atom is -0.339 e. The van der Waals surface area contributed by atoms with Crippen LogP contribution in [0.5, 0.6) is 0 Å². The molecule has 2 aliphatic rings. The van der Waals surface area contributed by atoms with Gasteiger partial charge in [-0.15, -0.1) is 12.4 Å². The molecule has 0 aromatic heterocycles. The first kappa shape index (κ1) is 20.0. The van der Waals surface area contributed by atoms with Gasteiger partial charge in [-0.3, -0.25) is 10.1 Å². The van der Waals surface area contributed by atoms with Gasteiger partial charge in [0.1, 0.15) is 0 Å². The molecule has 25 heavy (non-hydrogen) atoms. The Morgan fingerprint density at radius 1 is 1.12 bits per heavy atom. The van der Waals surface area contributed by atoms with Crippen molar-refractivity contribution in [1.29, 1.82) is 0 Å². The van der Waals surface area contributed by atoms with Gasteiger partial charge < -0.3 is 4.90 Å². The van der Waals surface area contributed by atoms with Crippen LogP contribution in [0.4, 0.5) is 8.78 Å². The topological polar surface area (TPSA) is 69.7 Å². The van der Waals surface area contributed by atoms with Crippen molar-refractivity contribution in [1.82, 2.24) is 14.5 Å². The number of halogens is 3. The molecule has 1 atom stereocenters. The van der Waals surface area contributed by atoms with Gasteiger partial charge in [-0.1, -0.05) is 18.2 Å². The van der Waals surface area contributed by atoms with Gasteiger partial charge in [-0.25, -0.2) is 17.2 Å². The average Bonchev–Trinajstić information content (AvgIpc) is 2.95. The molecule has 6 nitrogen and oxygen atoms in total. The standard InChI is InChI=1S/C15H19F2N3O3S.ClH/c16-15(17)10-13(18-11-15)14(21)19-6-8-20(9-7-19)24(22,23)12-4-2-1-3-5-12;/h1-5,13,18H,6-11H2;1H. The van der Waals surface area contributed by atoms with Crippen LogP contribution in [-0.2, 0) is 14.8 Å². The number of nitrogens with zero attached hydrogens (tertiary/aromatic N) is 2. The van der Waals surface area contributed by atoms with Crippen LogP contribution >= 0.6 is 12.4 Å². The highest BCUT2D eigenvalue weighted by Gasteiger charge is 2.44. The summed E-state index contributed by atoms with van der Waals surface area (Å²) >= 11 is 0. The number of benzene rings is 1. The number of carbonyl (C=O) groups is 1. The summed E-state index contributed by atoms with van der Waals surface area (Å²) in [4.78, 5) is 13.9. The third-order valence-corrected chi connectivity index (χ3v) is 6.25. The van der Waals surface area contributed by atoms with E-state index >= 15 is 0 Å². The quantitative estimate of drug-likeness (QED) is 0.827. The first-order chi connectivity index (χ1) is 11.3. The molecule has 0 radical (unpaired) electrons. The zero-order valence-electron chi connectivity index (χ0n) is 13.4. The Hall–Kier alpha value is -1.29. The molecule has 2 fully saturated rings. The highest BCUT2D eigenvalue weighted by atomic mass is 35.5. The predicted molar refractivity (Wildman–Crippen MR) is 90.4 cm³/mol. The molecule has 1 aromatic rings. The lowest BCUT2D eigenvalue weighted by atomic mass is 10.1. The van der Waals surface area contributed by atoms with Crippen LogP contribution in [0.3, 0.4) is 0 Å². The lowest BCUT2D eigenvalue weighted by Gasteiger charge is -2.35. The number of carbonyl (C=O) groups excluding carboxylic acids is 1. The normalized spacial score (nSPS) is 23.9. The van der Waals surface area contributed by atoms with Crippen molar-refractivity contribution in [3.05, 3.63) is 30.3 Å². The number of rotatable bonds is 3. The van der Waals surface area contributed by atoms with Crippen LogP contribution in [0.15, 0.2) is 35.2 Å². The van der Waals surface area contributed by atoms with Gasteiger partial charge in [0.05, 0.1) is 17.5 Å². The van der Waals surface area contributed by atoms with E-state index in [1.807, 2.05) is 0 Å². The highest BCUT2D eigenvalue weighted by Crippen LogP contribution is 2.26. The van der Waals surface area contributed by atoms with E-state index in [-0.39, 0.29) is 49.4 Å². The van der Waals surface area contributed by atoms with Gasteiger partial charge in [-0.05, 0) is 12.1 Å². The summed E-state index contributed by atoms with van der Waals surface area (Å²) in [5.41, 5.74) is 0. The number of sulfonamides is 1. The van der Waals surface area contributed by atoms with Gasteiger partial charge in [0, 0.05) is 32.6 Å². The second-order valence-electron chi connectivity index (χ2n) is 6.04. The SMILES string of the molecule is Cl.O=C(C1CC(F)(F)CN1)N1CCN(S(=O)(=O)c2ccccc2)CC1. The largest absolute Gasteiger partial charge is 0.339 e. The van der Waals surface area contributed by atoms with E-state index in [2.05, 4.69) is 5.32 Å². The fourth-order valence-electron chi connectivity index (χ4n) is 3.00. The van der Waals surface area contributed by atoms with E-state index in [1.165, 1.54) is 21.3 Å². The van der Waals surface area contributed by atoms with Crippen molar-refractivity contribution in [2.24, 2.45) is 0 Å². The summed E-state index contributed by atoms with van der Waals surface area (Å²) in [7, 11) is -3.59. The number of alkyl halides is 2. The molecule has 0 bridgehead atoms. The van der Waals surface area contributed by atoms with Crippen molar-refractivity contribution < 1.29 is 22.0 Å². The smallest absolute Gasteiger partial charge is 0.262 e. The molecule has 0 saturated carbocycles. The van der Waals surface area contributed by atoms with E-state index < -0.39 is 35.0 Å². The zero-order valence-corrected chi connectivity index (χ0v) is 15.0. The zero-order chi connectivity index (χ0) is 17.4. The van der Waals surface area contributed by atoms with Crippen LogP contribution < -0.4 is 5.32 Å². The van der Waals surface area contributed by atoms with Crippen molar-refractivity contribution >= 4 is 28.3 Å². The van der Waals surface area contributed by atoms with Crippen molar-refractivity contribution in [2.45, 2.75) is 23.3 Å². The van der Waals surface area contributed by atoms with Gasteiger partial charge in [-0.2, -0.15) is 4.31 Å². The second kappa shape index (κ2) is 7.53. The maximum Gasteiger partial charge on any atom is 0.262 e. The lowest BCUT2D eigenvalue weighted by Crippen LogP contribution is -2.54. The van der Waals surface area contributed by atoms with E-state index in [1.54, 1.807) is 18.2 Å². The summed E-state index contributed by atoms with van der Waals surface area (Å²) in [6.45, 7) is 0.229. The molecular formula is C15H20ClF2N3O3S. The van der Waals surface area contributed by atoms with Gasteiger partial charge >= 0.3 is 0 Å². The Labute approximate surface area is 151 Å². The molecule has 3 rings (SSSR count). The minimum atomic E-state index is -3.59. The van der Waals surface area contributed by atoms with E-state index in [9.17, 15) is 22.0 Å². The first-order valence-corrected chi connectivity index (χ1v) is 9.19. The second-order valence-corrected chi connectivity index (χ2v) is 7.97. The Balaban J connectivity index is 0.00000225. The summed E-state index contributed by atoms with van der Waals surface area (Å²) in [5, 5.41) is 2.54. The number of amides is 1. The molecule has 2 heterocycles. The fraction of sp³-hybridized carbons (Fsp3) is 0.533. The molecule has 0 aliphatic carbocycles. The summed E-state index contributed by atoms with van der Waals surface area (Å²) in [6, 6.07) is 7.20. The molecule has 2 aliphatic heterocycles. The molecule has 1 N–H and O–H groups in total. The van der Waals surface area contributed by atoms with Gasteiger partial charge in [0.25, 0.3) is 5.92 Å². The van der Waals surface area contributed by atoms with Crippen molar-refractivity contribution in [2.75, 3.05) is 32.7 Å². The summed E-state index contributed by atoms with van der Waals surface area (Å²) in [5.74, 6) is -3.25. The molecular weight excluding hydrogens is 376 g/mol. The molecule has 140 valence electrons. The molecule has 10 heteroatoms. The maximum atomic E-state index is 13.2. The Bertz CT molecular complexity index is 710. The third-order valence-electron chi connectivity index (χ3n) is 4.34. The number of hydrogen-bond donors (Lipinski definition) is 1. The van der Waals surface area contributed by atoms with Crippen molar-refractivity contribution in [3.63, 3.8) is 0 Å². The first-order valence-electron chi connectivity index (χ1n) is 7.75. The third kappa shape index (κ3) is 4.28. The highest BCUT2D eigenvalue weighted by molar-refractivity contribution is 7.89. The van der Waals surface area contributed by atoms with Gasteiger partial charge in [0.15, 0.2) is 0 Å². The number of piperazine rings is 1. The predicted octanol–water partition coefficient (Wildman–Crippen LogP) is 0.938. The Kier molecular flexibility index (Phi) is 6.03. The Morgan fingerprint density at radius 3 is 2.24 bits per heavy atom. The lowest BCUT2D eigenvalue weighted by molar-refractivity contribution is -0.134. The monoisotopic (exact) mass is 395 g/mol.